The molecule has 3 N–H and O–H groups in total. The number of ether oxygens (including phenoxy) is 1. The number of piperidine rings is 1. The molecule has 5 heterocycles. The molecule has 0 aliphatic carbocycles. The number of hydrogen-bond acceptors (Lipinski definition) is 13. The minimum Gasteiger partial charge on any atom is -0.494 e. The van der Waals surface area contributed by atoms with E-state index in [9.17, 15) is 19.2 Å². The predicted octanol–water partition coefficient (Wildman–Crippen LogP) is 4.63. The van der Waals surface area contributed by atoms with Crippen LogP contribution >= 0.6 is 11.6 Å². The maximum atomic E-state index is 13.4. The van der Waals surface area contributed by atoms with Crippen molar-refractivity contribution in [2.75, 3.05) is 86.4 Å². The number of para-hydroxylation sites is 1. The number of imide groups is 1. The Morgan fingerprint density at radius 1 is 0.879 bits per heavy atom. The zero-order valence-electron chi connectivity index (χ0n) is 32.3. The maximum Gasteiger partial charge on any atom is 0.251 e. The van der Waals surface area contributed by atoms with Crippen LogP contribution in [-0.2, 0) is 14.4 Å². The highest BCUT2D eigenvalue weighted by molar-refractivity contribution is 6.33. The van der Waals surface area contributed by atoms with E-state index in [0.717, 1.165) is 48.5 Å². The van der Waals surface area contributed by atoms with Crippen LogP contribution in [-0.4, -0.2) is 119 Å². The van der Waals surface area contributed by atoms with Gasteiger partial charge in [0.1, 0.15) is 16.8 Å². The number of Topliss-reactive ketones (excluding diaryl/α,β-unsaturated/α-hetero) is 1. The van der Waals surface area contributed by atoms with Crippen molar-refractivity contribution in [3.8, 4) is 5.75 Å². The topological polar surface area (TPSA) is 170 Å². The van der Waals surface area contributed by atoms with Gasteiger partial charge in [0.2, 0.25) is 17.8 Å². The molecule has 3 amide bonds. The summed E-state index contributed by atoms with van der Waals surface area (Å²) in [6, 6.07) is 18.7. The van der Waals surface area contributed by atoms with E-state index in [1.54, 1.807) is 36.2 Å². The number of carbonyl (C=O) groups is 4. The molecule has 0 spiro atoms. The molecule has 0 saturated carbocycles. The van der Waals surface area contributed by atoms with Gasteiger partial charge in [-0.3, -0.25) is 34.1 Å². The van der Waals surface area contributed by atoms with Crippen molar-refractivity contribution in [2.45, 2.75) is 25.8 Å². The fraction of sp³-hybridized carbons (Fsp3) is 0.341. The number of nitrogens with one attached hydrogen (secondary N) is 3. The third kappa shape index (κ3) is 8.24. The number of rotatable bonds is 11. The first kappa shape index (κ1) is 38.6. The van der Waals surface area contributed by atoms with Crippen molar-refractivity contribution < 1.29 is 23.9 Å². The first-order valence-corrected chi connectivity index (χ1v) is 19.7. The number of amides is 3. The summed E-state index contributed by atoms with van der Waals surface area (Å²) in [5.41, 5.74) is 4.70. The van der Waals surface area contributed by atoms with E-state index < -0.39 is 6.04 Å². The van der Waals surface area contributed by atoms with Crippen molar-refractivity contribution in [3.63, 3.8) is 0 Å². The van der Waals surface area contributed by atoms with Crippen LogP contribution in [0.1, 0.15) is 36.2 Å². The van der Waals surface area contributed by atoms with E-state index in [-0.39, 0.29) is 23.5 Å². The average Bonchev–Trinajstić information content (AvgIpc) is 3.65. The average molecular weight is 806 g/mol. The SMILES string of the molecule is COc1cc(N2CCN(C(=O)CN3CCN(c4ccc5c(cnn5C5CCC(=O)NC5=O)c4)CC3)CC2)ccc1Nc1ncc(Cl)c(Nc2ccccc2C(C)=O)n1. The highest BCUT2D eigenvalue weighted by Crippen LogP contribution is 2.34. The van der Waals surface area contributed by atoms with Crippen molar-refractivity contribution >= 4 is 80.5 Å². The van der Waals surface area contributed by atoms with Gasteiger partial charge >= 0.3 is 0 Å². The molecule has 1 atom stereocenters. The zero-order chi connectivity index (χ0) is 40.3. The van der Waals surface area contributed by atoms with E-state index in [1.165, 1.54) is 13.1 Å². The van der Waals surface area contributed by atoms with Crippen LogP contribution in [0.5, 0.6) is 5.75 Å². The molecule has 3 fully saturated rings. The summed E-state index contributed by atoms with van der Waals surface area (Å²) in [7, 11) is 1.61. The summed E-state index contributed by atoms with van der Waals surface area (Å²) in [5, 5.41) is 14.5. The number of anilines is 6. The molecule has 2 aromatic heterocycles. The third-order valence-electron chi connectivity index (χ3n) is 10.9. The lowest BCUT2D eigenvalue weighted by Gasteiger charge is -2.39. The molecule has 58 heavy (non-hydrogen) atoms. The molecule has 3 aliphatic heterocycles. The number of hydrogen-bond donors (Lipinski definition) is 3. The van der Waals surface area contributed by atoms with Crippen molar-refractivity contribution in [1.29, 1.82) is 0 Å². The predicted molar refractivity (Wildman–Crippen MR) is 222 cm³/mol. The fourth-order valence-electron chi connectivity index (χ4n) is 7.71. The molecule has 0 bridgehead atoms. The lowest BCUT2D eigenvalue weighted by Crippen LogP contribution is -2.54. The first-order chi connectivity index (χ1) is 28.1. The Balaban J connectivity index is 0.822. The van der Waals surface area contributed by atoms with Crippen LogP contribution in [0, 0.1) is 0 Å². The van der Waals surface area contributed by atoms with Gasteiger partial charge in [0.05, 0.1) is 42.9 Å². The number of methoxy groups -OCH3 is 1. The Bertz CT molecular complexity index is 2370. The van der Waals surface area contributed by atoms with Gasteiger partial charge in [0.25, 0.3) is 5.91 Å². The fourth-order valence-corrected chi connectivity index (χ4v) is 7.85. The number of halogens is 1. The zero-order valence-corrected chi connectivity index (χ0v) is 33.0. The summed E-state index contributed by atoms with van der Waals surface area (Å²) in [6.07, 6.45) is 4.00. The quantitative estimate of drug-likeness (QED) is 0.125. The highest BCUT2D eigenvalue weighted by atomic mass is 35.5. The minimum atomic E-state index is -0.495. The highest BCUT2D eigenvalue weighted by Gasteiger charge is 2.30. The van der Waals surface area contributed by atoms with Crippen LogP contribution in [0.2, 0.25) is 5.02 Å². The smallest absolute Gasteiger partial charge is 0.251 e. The molecule has 1 unspecified atom stereocenters. The summed E-state index contributed by atoms with van der Waals surface area (Å²) >= 11 is 6.41. The monoisotopic (exact) mass is 805 g/mol. The molecular weight excluding hydrogens is 762 g/mol. The van der Waals surface area contributed by atoms with Gasteiger partial charge in [0, 0.05) is 87.2 Å². The molecule has 17 heteroatoms. The summed E-state index contributed by atoms with van der Waals surface area (Å²) < 4.78 is 7.46. The number of carbonyl (C=O) groups excluding carboxylic acids is 4. The number of benzene rings is 3. The standard InChI is InChI=1S/C41H44ClN11O5/c1-26(54)30-5-3-4-6-32(30)45-39-31(42)24-43-41(48-39)46-33-9-7-29(22-36(33)58-2)51-17-19-52(20-18-51)38(56)25-49-13-15-50(16-14-49)28-8-10-34-27(21-28)23-44-53(34)35-11-12-37(55)47-40(35)57/h3-10,21-24,35H,11-20,25H2,1-2H3,(H,47,55,57)(H2,43,45,46,48). The van der Waals surface area contributed by atoms with Crippen LogP contribution in [0.25, 0.3) is 10.9 Å². The molecule has 3 aliphatic rings. The molecule has 3 aromatic carbocycles. The number of piperazine rings is 2. The van der Waals surface area contributed by atoms with E-state index >= 15 is 0 Å². The second kappa shape index (κ2) is 16.7. The van der Waals surface area contributed by atoms with Crippen LogP contribution in [0.15, 0.2) is 73.1 Å². The van der Waals surface area contributed by atoms with Gasteiger partial charge in [-0.15, -0.1) is 0 Å². The summed E-state index contributed by atoms with van der Waals surface area (Å²) in [6.45, 7) is 7.63. The molecule has 0 radical (unpaired) electrons. The van der Waals surface area contributed by atoms with Gasteiger partial charge < -0.3 is 30.1 Å². The van der Waals surface area contributed by atoms with Crippen LogP contribution < -0.4 is 30.5 Å². The van der Waals surface area contributed by atoms with E-state index in [1.807, 2.05) is 41.3 Å². The van der Waals surface area contributed by atoms with Crippen LogP contribution in [0.3, 0.4) is 0 Å². The van der Waals surface area contributed by atoms with E-state index in [0.29, 0.717) is 85.0 Å². The normalized spacial score (nSPS) is 17.6. The lowest BCUT2D eigenvalue weighted by molar-refractivity contribution is -0.136. The third-order valence-corrected chi connectivity index (χ3v) is 11.2. The molecular formula is C41H44ClN11O5. The van der Waals surface area contributed by atoms with Crippen molar-refractivity contribution in [3.05, 3.63) is 83.6 Å². The Hall–Kier alpha value is -6.26. The number of nitrogens with zero attached hydrogens (tertiary/aromatic N) is 8. The van der Waals surface area contributed by atoms with E-state index in [2.05, 4.69) is 51.8 Å². The molecule has 5 aromatic rings. The second-order valence-electron chi connectivity index (χ2n) is 14.6. The van der Waals surface area contributed by atoms with Crippen molar-refractivity contribution in [1.82, 2.24) is 34.9 Å². The van der Waals surface area contributed by atoms with Crippen LogP contribution in [0.4, 0.5) is 34.5 Å². The number of fused-ring (bicyclic) bond motifs is 1. The second-order valence-corrected chi connectivity index (χ2v) is 15.0. The van der Waals surface area contributed by atoms with Gasteiger partial charge in [-0.25, -0.2) is 4.98 Å². The number of ketones is 1. The van der Waals surface area contributed by atoms with Gasteiger partial charge in [-0.2, -0.15) is 10.1 Å². The number of aromatic nitrogens is 4. The molecule has 8 rings (SSSR count). The Kier molecular flexibility index (Phi) is 11.1. The summed E-state index contributed by atoms with van der Waals surface area (Å²) in [5.74, 6) is 0.747. The Labute approximate surface area is 340 Å². The van der Waals surface area contributed by atoms with Gasteiger partial charge in [-0.1, -0.05) is 23.7 Å². The van der Waals surface area contributed by atoms with Gasteiger partial charge in [0.15, 0.2) is 11.6 Å². The Morgan fingerprint density at radius 3 is 2.34 bits per heavy atom. The molecule has 3 saturated heterocycles. The van der Waals surface area contributed by atoms with Crippen molar-refractivity contribution in [2.24, 2.45) is 0 Å². The first-order valence-electron chi connectivity index (χ1n) is 19.3. The van der Waals surface area contributed by atoms with E-state index in [4.69, 9.17) is 16.3 Å². The summed E-state index contributed by atoms with van der Waals surface area (Å²) in [4.78, 5) is 67.2. The Morgan fingerprint density at radius 2 is 1.60 bits per heavy atom. The van der Waals surface area contributed by atoms with Gasteiger partial charge in [-0.05, 0) is 55.8 Å². The lowest BCUT2D eigenvalue weighted by atomic mass is 10.1. The maximum absolute atomic E-state index is 13.4. The molecule has 16 nitrogen and oxygen atoms in total. The largest absolute Gasteiger partial charge is 0.494 e. The molecule has 300 valence electrons. The minimum absolute atomic E-state index is 0.0798.